The maximum Gasteiger partial charge on any atom is 0.404 e. The summed E-state index contributed by atoms with van der Waals surface area (Å²) in [5, 5.41) is 11.3. The molecule has 3 heteroatoms. The van der Waals surface area contributed by atoms with Gasteiger partial charge in [-0.2, -0.15) is 0 Å². The zero-order valence-electron chi connectivity index (χ0n) is 7.53. The molecule has 2 aromatic rings. The lowest BCUT2D eigenvalue weighted by molar-refractivity contribution is -0.470. The quantitative estimate of drug-likeness (QED) is 0.591. The van der Waals surface area contributed by atoms with Gasteiger partial charge in [0.2, 0.25) is 0 Å². The van der Waals surface area contributed by atoms with Crippen molar-refractivity contribution < 1.29 is 10.7 Å². The van der Waals surface area contributed by atoms with Crippen LogP contribution in [0.3, 0.4) is 0 Å². The lowest BCUT2D eigenvalue weighted by Crippen LogP contribution is -2.85. The van der Waals surface area contributed by atoms with Gasteiger partial charge in [0.1, 0.15) is 0 Å². The van der Waals surface area contributed by atoms with E-state index < -0.39 is 0 Å². The first-order chi connectivity index (χ1) is 6.84. The number of fused-ring (bicyclic) bond motifs is 3. The number of rotatable bonds is 0. The second kappa shape index (κ2) is 2.83. The highest BCUT2D eigenvalue weighted by Gasteiger charge is 2.27. The molecule has 2 aromatic carbocycles. The molecule has 0 saturated heterocycles. The summed E-state index contributed by atoms with van der Waals surface area (Å²) in [6.07, 6.45) is 0. The van der Waals surface area contributed by atoms with Gasteiger partial charge < -0.3 is 0 Å². The van der Waals surface area contributed by atoms with Gasteiger partial charge in [-0.3, -0.25) is 0 Å². The third kappa shape index (κ3) is 1.06. The van der Waals surface area contributed by atoms with Gasteiger partial charge in [0.15, 0.2) is 5.69 Å². The normalized spacial score (nSPS) is 14.7. The summed E-state index contributed by atoms with van der Waals surface area (Å²) in [4.78, 5) is 1.27. The van der Waals surface area contributed by atoms with Crippen molar-refractivity contribution in [2.45, 2.75) is 4.90 Å². The summed E-state index contributed by atoms with van der Waals surface area (Å²) in [6, 6.07) is 12.7. The van der Waals surface area contributed by atoms with Crippen LogP contribution in [0, 0.1) is 0 Å². The van der Waals surface area contributed by atoms with Gasteiger partial charge >= 0.3 is 5.17 Å². The van der Waals surface area contributed by atoms with E-state index in [1.165, 1.54) is 21.4 Å². The zero-order chi connectivity index (χ0) is 9.54. The third-order valence-corrected chi connectivity index (χ3v) is 3.37. The maximum atomic E-state index is 5.80. The molecule has 0 aliphatic carbocycles. The first-order valence-electron chi connectivity index (χ1n) is 4.51. The molecule has 0 amide bonds. The Morgan fingerprint density at radius 1 is 1.07 bits per heavy atom. The van der Waals surface area contributed by atoms with E-state index in [0.717, 1.165) is 5.17 Å². The summed E-state index contributed by atoms with van der Waals surface area (Å²) in [7, 11) is 0. The average molecular weight is 202 g/mol. The monoisotopic (exact) mass is 202 g/mol. The van der Waals surface area contributed by atoms with E-state index in [2.05, 4.69) is 41.7 Å². The van der Waals surface area contributed by atoms with Crippen molar-refractivity contribution in [2.75, 3.05) is 0 Å². The van der Waals surface area contributed by atoms with Crippen LogP contribution in [0.2, 0.25) is 0 Å². The van der Waals surface area contributed by atoms with E-state index in [-0.39, 0.29) is 0 Å². The molecule has 0 atom stereocenters. The van der Waals surface area contributed by atoms with Crippen LogP contribution in [-0.4, -0.2) is 5.17 Å². The van der Waals surface area contributed by atoms with Crippen LogP contribution >= 0.6 is 11.8 Å². The van der Waals surface area contributed by atoms with Gasteiger partial charge in [-0.1, -0.05) is 24.3 Å². The van der Waals surface area contributed by atoms with E-state index in [1.807, 2.05) is 0 Å². The predicted octanol–water partition coefficient (Wildman–Crippen LogP) is 0.256. The molecule has 14 heavy (non-hydrogen) atoms. The Bertz CT molecular complexity index is 534. The molecule has 2 nitrogen and oxygen atoms in total. The Labute approximate surface area is 85.8 Å². The van der Waals surface area contributed by atoms with E-state index in [0.29, 0.717) is 0 Å². The van der Waals surface area contributed by atoms with E-state index in [4.69, 9.17) is 5.41 Å². The summed E-state index contributed by atoms with van der Waals surface area (Å²) in [6.45, 7) is 0. The van der Waals surface area contributed by atoms with Crippen LogP contribution in [-0.2, 0) is 0 Å². The molecule has 0 unspecified atom stereocenters. The van der Waals surface area contributed by atoms with Gasteiger partial charge in [-0.05, 0) is 17.5 Å². The van der Waals surface area contributed by atoms with Crippen molar-refractivity contribution in [3.05, 3.63) is 36.4 Å². The fraction of sp³-hybridized carbons (Fsp3) is 0. The Balaban J connectivity index is 2.39. The summed E-state index contributed by atoms with van der Waals surface area (Å²) in [5.41, 5.74) is 1.27. The molecule has 0 bridgehead atoms. The third-order valence-electron chi connectivity index (χ3n) is 2.45. The number of nitrogens with two attached hydrogens (primary N) is 2. The van der Waals surface area contributed by atoms with Gasteiger partial charge in [-0.15, -0.1) is 0 Å². The highest BCUT2D eigenvalue weighted by atomic mass is 32.2. The molecular weight excluding hydrogens is 192 g/mol. The number of hydrogen-bond acceptors (Lipinski definition) is 1. The van der Waals surface area contributed by atoms with Crippen LogP contribution in [0.1, 0.15) is 0 Å². The Morgan fingerprint density at radius 2 is 1.93 bits per heavy atom. The maximum absolute atomic E-state index is 5.80. The summed E-state index contributed by atoms with van der Waals surface area (Å²) in [5.74, 6) is 0. The second-order valence-corrected chi connectivity index (χ2v) is 4.46. The lowest BCUT2D eigenvalue weighted by Gasteiger charge is -1.98. The molecule has 1 aliphatic rings. The van der Waals surface area contributed by atoms with Gasteiger partial charge in [-0.25, -0.2) is 10.7 Å². The average Bonchev–Trinajstić information content (AvgIpc) is 2.59. The number of benzene rings is 2. The van der Waals surface area contributed by atoms with Crippen molar-refractivity contribution in [1.82, 2.24) is 0 Å². The summed E-state index contributed by atoms with van der Waals surface area (Å²) < 4.78 is 0. The predicted molar refractivity (Wildman–Crippen MR) is 58.3 cm³/mol. The van der Waals surface area contributed by atoms with Crippen LogP contribution in [0.4, 0.5) is 5.69 Å². The highest BCUT2D eigenvalue weighted by Crippen LogP contribution is 2.33. The van der Waals surface area contributed by atoms with Crippen LogP contribution < -0.4 is 10.7 Å². The van der Waals surface area contributed by atoms with Crippen molar-refractivity contribution in [1.29, 1.82) is 0 Å². The molecule has 0 radical (unpaired) electrons. The molecule has 0 saturated carbocycles. The molecular formula is C11H10N2S+2. The van der Waals surface area contributed by atoms with E-state index in [9.17, 15) is 0 Å². The standard InChI is InChI=1S/C11H8N2S/c12-11-13-10-8-4-2-1-3-7(8)5-6-9(10)14-11/h1-6H,(H2,12,13)/p+2. The van der Waals surface area contributed by atoms with Crippen LogP contribution in [0.5, 0.6) is 0 Å². The molecule has 68 valence electrons. The van der Waals surface area contributed by atoms with Crippen molar-refractivity contribution in [3.63, 3.8) is 0 Å². The first kappa shape index (κ1) is 8.03. The SMILES string of the molecule is [NH2+]=C1[NH2+]c2c(ccc3ccccc23)S1. The topological polar surface area (TPSA) is 42.2 Å². The Morgan fingerprint density at radius 3 is 2.86 bits per heavy atom. The zero-order valence-corrected chi connectivity index (χ0v) is 8.34. The molecule has 0 fully saturated rings. The number of thioether (sulfide) groups is 1. The summed E-state index contributed by atoms with van der Waals surface area (Å²) >= 11 is 1.64. The van der Waals surface area contributed by atoms with Gasteiger partial charge in [0.25, 0.3) is 0 Å². The Hall–Kier alpha value is -1.32. The molecule has 0 aromatic heterocycles. The number of amidine groups is 1. The van der Waals surface area contributed by atoms with Crippen molar-refractivity contribution in [3.8, 4) is 0 Å². The second-order valence-electron chi connectivity index (χ2n) is 3.35. The fourth-order valence-corrected chi connectivity index (χ4v) is 2.66. The minimum Gasteiger partial charge on any atom is -0.218 e. The molecule has 3 rings (SSSR count). The van der Waals surface area contributed by atoms with Crippen LogP contribution in [0.15, 0.2) is 41.3 Å². The minimum atomic E-state index is 0.886. The van der Waals surface area contributed by atoms with Crippen molar-refractivity contribution >= 4 is 33.4 Å². The van der Waals surface area contributed by atoms with E-state index in [1.54, 1.807) is 11.8 Å². The number of hydrogen-bond donors (Lipinski definition) is 2. The highest BCUT2D eigenvalue weighted by molar-refractivity contribution is 8.13. The lowest BCUT2D eigenvalue weighted by atomic mass is 10.1. The smallest absolute Gasteiger partial charge is 0.218 e. The van der Waals surface area contributed by atoms with Gasteiger partial charge in [0, 0.05) is 17.1 Å². The van der Waals surface area contributed by atoms with Crippen molar-refractivity contribution in [2.24, 2.45) is 0 Å². The number of quaternary nitrogens is 1. The molecule has 0 spiro atoms. The molecule has 4 N–H and O–H groups in total. The molecule has 1 heterocycles. The largest absolute Gasteiger partial charge is 0.404 e. The van der Waals surface area contributed by atoms with E-state index >= 15 is 0 Å². The van der Waals surface area contributed by atoms with Crippen LogP contribution in [0.25, 0.3) is 10.8 Å². The minimum absolute atomic E-state index is 0.886. The van der Waals surface area contributed by atoms with Gasteiger partial charge in [0.05, 0.1) is 4.90 Å². The molecule has 1 aliphatic heterocycles. The Kier molecular flexibility index (Phi) is 1.63. The first-order valence-corrected chi connectivity index (χ1v) is 5.33. The fourth-order valence-electron chi connectivity index (χ4n) is 1.81.